The lowest BCUT2D eigenvalue weighted by molar-refractivity contribution is -0.138. The molecule has 0 amide bonds. The van der Waals surface area contributed by atoms with Gasteiger partial charge in [0.1, 0.15) is 11.8 Å². The Bertz CT molecular complexity index is 711. The Hall–Kier alpha value is -2.33. The van der Waals surface area contributed by atoms with Crippen molar-refractivity contribution in [2.75, 3.05) is 0 Å². The first kappa shape index (κ1) is 14.6. The Morgan fingerprint density at radius 3 is 2.77 bits per heavy atom. The van der Waals surface area contributed by atoms with Crippen molar-refractivity contribution in [1.29, 1.82) is 0 Å². The van der Waals surface area contributed by atoms with Crippen LogP contribution in [0.3, 0.4) is 0 Å². The summed E-state index contributed by atoms with van der Waals surface area (Å²) >= 11 is 0. The average molecular weight is 297 g/mol. The number of aliphatic carboxylic acids is 1. The summed E-state index contributed by atoms with van der Waals surface area (Å²) in [6, 6.07) is 12.6. The van der Waals surface area contributed by atoms with Crippen LogP contribution < -0.4 is 5.73 Å². The molecule has 0 bridgehead atoms. The lowest BCUT2D eigenvalue weighted by Gasteiger charge is -2.16. The monoisotopic (exact) mass is 297 g/mol. The van der Waals surface area contributed by atoms with Gasteiger partial charge in [-0.05, 0) is 42.0 Å². The first-order valence-electron chi connectivity index (χ1n) is 7.44. The maximum absolute atomic E-state index is 10.9. The van der Waals surface area contributed by atoms with Gasteiger partial charge in [-0.3, -0.25) is 4.79 Å². The lowest BCUT2D eigenvalue weighted by atomic mass is 9.90. The van der Waals surface area contributed by atoms with Gasteiger partial charge in [0.05, 0.1) is 0 Å². The summed E-state index contributed by atoms with van der Waals surface area (Å²) in [5.74, 6) is -0.590. The van der Waals surface area contributed by atoms with Crippen LogP contribution in [0.25, 0.3) is 0 Å². The minimum absolute atomic E-state index is 0.164. The van der Waals surface area contributed by atoms with E-state index in [1.165, 1.54) is 11.1 Å². The molecule has 0 heterocycles. The topological polar surface area (TPSA) is 83.5 Å². The quantitative estimate of drug-likeness (QED) is 0.809. The number of nitrogens with two attached hydrogens (primary N) is 1. The number of phenols is 1. The highest BCUT2D eigenvalue weighted by molar-refractivity contribution is 5.73. The molecule has 0 fully saturated rings. The van der Waals surface area contributed by atoms with E-state index in [0.717, 1.165) is 24.0 Å². The van der Waals surface area contributed by atoms with Crippen molar-refractivity contribution < 1.29 is 15.0 Å². The summed E-state index contributed by atoms with van der Waals surface area (Å²) in [6.07, 6.45) is 2.22. The summed E-state index contributed by atoms with van der Waals surface area (Å²) in [5, 5.41) is 19.2. The summed E-state index contributed by atoms with van der Waals surface area (Å²) < 4.78 is 0. The highest BCUT2D eigenvalue weighted by Crippen LogP contribution is 2.41. The fourth-order valence-electron chi connectivity index (χ4n) is 3.23. The van der Waals surface area contributed by atoms with Crippen molar-refractivity contribution >= 4 is 5.97 Å². The number of phenolic OH excluding ortho intramolecular Hbond substituents is 1. The number of aromatic hydroxyl groups is 1. The molecule has 0 radical (unpaired) electrons. The molecule has 0 aliphatic heterocycles. The predicted octanol–water partition coefficient (Wildman–Crippen LogP) is 2.42. The van der Waals surface area contributed by atoms with Crippen LogP contribution in [0.5, 0.6) is 5.75 Å². The van der Waals surface area contributed by atoms with E-state index in [-0.39, 0.29) is 18.1 Å². The van der Waals surface area contributed by atoms with E-state index < -0.39 is 12.0 Å². The summed E-state index contributed by atoms with van der Waals surface area (Å²) in [7, 11) is 0. The number of aryl methyl sites for hydroxylation is 1. The first-order chi connectivity index (χ1) is 10.6. The minimum atomic E-state index is -1.01. The van der Waals surface area contributed by atoms with Crippen molar-refractivity contribution in [2.45, 2.75) is 31.2 Å². The molecular formula is C18H19NO3. The molecule has 0 saturated heterocycles. The number of fused-ring (bicyclic) bond motifs is 1. The molecule has 4 N–H and O–H groups in total. The molecule has 1 aliphatic carbocycles. The van der Waals surface area contributed by atoms with E-state index in [9.17, 15) is 9.90 Å². The Labute approximate surface area is 129 Å². The largest absolute Gasteiger partial charge is 0.508 e. The van der Waals surface area contributed by atoms with Gasteiger partial charge >= 0.3 is 5.97 Å². The summed E-state index contributed by atoms with van der Waals surface area (Å²) in [5.41, 5.74) is 9.87. The Kier molecular flexibility index (Phi) is 3.86. The SMILES string of the molecule is N[C@@H](Cc1ccc(O)c(C2CCc3ccccc32)c1)C(=O)O. The van der Waals surface area contributed by atoms with Gasteiger partial charge in [-0.1, -0.05) is 36.4 Å². The van der Waals surface area contributed by atoms with Crippen molar-refractivity contribution in [3.63, 3.8) is 0 Å². The zero-order valence-corrected chi connectivity index (χ0v) is 12.2. The van der Waals surface area contributed by atoms with E-state index in [2.05, 4.69) is 12.1 Å². The summed E-state index contributed by atoms with van der Waals surface area (Å²) in [4.78, 5) is 10.9. The number of hydrogen-bond donors (Lipinski definition) is 3. The number of hydrogen-bond acceptors (Lipinski definition) is 3. The van der Waals surface area contributed by atoms with Crippen LogP contribution >= 0.6 is 0 Å². The number of rotatable bonds is 4. The molecule has 3 rings (SSSR count). The molecule has 1 aliphatic rings. The second kappa shape index (κ2) is 5.81. The van der Waals surface area contributed by atoms with Crippen LogP contribution in [0, 0.1) is 0 Å². The lowest BCUT2D eigenvalue weighted by Crippen LogP contribution is -2.32. The average Bonchev–Trinajstić information content (AvgIpc) is 2.93. The molecule has 2 atom stereocenters. The predicted molar refractivity (Wildman–Crippen MR) is 84.0 cm³/mol. The maximum Gasteiger partial charge on any atom is 0.320 e. The fraction of sp³-hybridized carbons (Fsp3) is 0.278. The normalized spacial score (nSPS) is 18.0. The van der Waals surface area contributed by atoms with Crippen LogP contribution in [0.1, 0.15) is 34.6 Å². The maximum atomic E-state index is 10.9. The summed E-state index contributed by atoms with van der Waals surface area (Å²) in [6.45, 7) is 0. The first-order valence-corrected chi connectivity index (χ1v) is 7.44. The van der Waals surface area contributed by atoms with E-state index in [1.54, 1.807) is 12.1 Å². The van der Waals surface area contributed by atoms with E-state index in [1.807, 2.05) is 18.2 Å². The number of benzene rings is 2. The van der Waals surface area contributed by atoms with E-state index in [4.69, 9.17) is 10.8 Å². The van der Waals surface area contributed by atoms with Crippen LogP contribution in [-0.4, -0.2) is 22.2 Å². The fourth-order valence-corrected chi connectivity index (χ4v) is 3.23. The van der Waals surface area contributed by atoms with Gasteiger partial charge < -0.3 is 15.9 Å². The highest BCUT2D eigenvalue weighted by atomic mass is 16.4. The van der Waals surface area contributed by atoms with Gasteiger partial charge in [0.25, 0.3) is 0 Å². The molecule has 4 nitrogen and oxygen atoms in total. The zero-order valence-electron chi connectivity index (χ0n) is 12.2. The molecule has 2 aromatic rings. The van der Waals surface area contributed by atoms with Crippen LogP contribution in [0.15, 0.2) is 42.5 Å². The number of carboxylic acids is 1. The Balaban J connectivity index is 1.93. The van der Waals surface area contributed by atoms with Crippen molar-refractivity contribution in [3.05, 3.63) is 64.7 Å². The minimum Gasteiger partial charge on any atom is -0.508 e. The third-order valence-corrected chi connectivity index (χ3v) is 4.37. The smallest absolute Gasteiger partial charge is 0.320 e. The molecule has 114 valence electrons. The number of carbonyl (C=O) groups is 1. The van der Waals surface area contributed by atoms with Crippen molar-refractivity contribution in [3.8, 4) is 5.75 Å². The van der Waals surface area contributed by atoms with Crippen LogP contribution in [0.4, 0.5) is 0 Å². The van der Waals surface area contributed by atoms with Gasteiger partial charge in [-0.2, -0.15) is 0 Å². The van der Waals surface area contributed by atoms with Gasteiger partial charge in [0.2, 0.25) is 0 Å². The van der Waals surface area contributed by atoms with Gasteiger partial charge in [-0.15, -0.1) is 0 Å². The van der Waals surface area contributed by atoms with E-state index >= 15 is 0 Å². The van der Waals surface area contributed by atoms with E-state index in [0.29, 0.717) is 0 Å². The zero-order chi connectivity index (χ0) is 15.7. The molecule has 4 heteroatoms. The van der Waals surface area contributed by atoms with Crippen molar-refractivity contribution in [1.82, 2.24) is 0 Å². The molecule has 22 heavy (non-hydrogen) atoms. The highest BCUT2D eigenvalue weighted by Gasteiger charge is 2.26. The second-order valence-electron chi connectivity index (χ2n) is 5.83. The van der Waals surface area contributed by atoms with Crippen LogP contribution in [0.2, 0.25) is 0 Å². The van der Waals surface area contributed by atoms with Crippen LogP contribution in [-0.2, 0) is 17.6 Å². The molecule has 1 unspecified atom stereocenters. The van der Waals surface area contributed by atoms with Gasteiger partial charge in [-0.25, -0.2) is 0 Å². The molecule has 0 saturated carbocycles. The number of carboxylic acid groups (broad SMARTS) is 1. The van der Waals surface area contributed by atoms with Gasteiger partial charge in [0.15, 0.2) is 0 Å². The Morgan fingerprint density at radius 2 is 2.00 bits per heavy atom. The standard InChI is InChI=1S/C18H19NO3/c19-16(18(21)22)10-11-5-8-17(20)15(9-11)14-7-6-12-3-1-2-4-13(12)14/h1-5,8-9,14,16,20H,6-7,10,19H2,(H,21,22)/t14?,16-/m0/s1. The molecular weight excluding hydrogens is 278 g/mol. The Morgan fingerprint density at radius 1 is 1.23 bits per heavy atom. The second-order valence-corrected chi connectivity index (χ2v) is 5.83. The third kappa shape index (κ3) is 2.70. The molecule has 0 spiro atoms. The van der Waals surface area contributed by atoms with Gasteiger partial charge in [0, 0.05) is 11.5 Å². The third-order valence-electron chi connectivity index (χ3n) is 4.37. The van der Waals surface area contributed by atoms with Crippen molar-refractivity contribution in [2.24, 2.45) is 5.73 Å². The molecule has 0 aromatic heterocycles. The molecule has 2 aromatic carbocycles.